The Morgan fingerprint density at radius 1 is 1.07 bits per heavy atom. The van der Waals surface area contributed by atoms with Crippen molar-refractivity contribution in [2.24, 2.45) is 0 Å². The van der Waals surface area contributed by atoms with Gasteiger partial charge in [0.15, 0.2) is 0 Å². The molecule has 0 heterocycles. The predicted molar refractivity (Wildman–Crippen MR) is 65.1 cm³/mol. The van der Waals surface area contributed by atoms with Crippen LogP contribution in [0.5, 0.6) is 0 Å². The first-order valence-corrected chi connectivity index (χ1v) is 18.6. The summed E-state index contributed by atoms with van der Waals surface area (Å²) in [5.41, 5.74) is 0. The van der Waals surface area contributed by atoms with Crippen LogP contribution in [0, 0.1) is 0 Å². The minimum atomic E-state index is -2.62. The molecule has 0 bridgehead atoms. The molecule has 0 aromatic carbocycles. The molecule has 0 atom stereocenters. The van der Waals surface area contributed by atoms with E-state index in [9.17, 15) is 0 Å². The zero-order valence-electron chi connectivity index (χ0n) is 10.5. The molecule has 84 valence electrons. The average molecular weight is 318 g/mol. The quantitative estimate of drug-likeness (QED) is 0.635. The first kappa shape index (κ1) is 13.4. The van der Waals surface area contributed by atoms with Crippen molar-refractivity contribution >= 4 is 6.88 Å². The van der Waals surface area contributed by atoms with Crippen molar-refractivity contribution in [2.45, 2.75) is 22.1 Å². The second kappa shape index (κ2) is 4.31. The van der Waals surface area contributed by atoms with Crippen LogP contribution in [0.25, 0.3) is 0 Å². The molecule has 0 amide bonds. The number of hydrogen-bond acceptors (Lipinski definition) is 0. The van der Waals surface area contributed by atoms with Crippen LogP contribution in [0.4, 0.5) is 0 Å². The van der Waals surface area contributed by atoms with E-state index in [0.717, 1.165) is 0 Å². The fraction of sp³-hybridized carbons (Fsp3) is 0.333. The molecule has 0 fully saturated rings. The van der Waals surface area contributed by atoms with Gasteiger partial charge in [-0.25, -0.2) is 0 Å². The van der Waals surface area contributed by atoms with Crippen LogP contribution >= 0.6 is 0 Å². The van der Waals surface area contributed by atoms with E-state index in [1.165, 1.54) is 12.8 Å². The van der Waals surface area contributed by atoms with Gasteiger partial charge in [-0.3, -0.25) is 0 Å². The Balaban J connectivity index is 0.00000112. The number of halogens is 1. The zero-order chi connectivity index (χ0) is 10.3. The molecule has 0 N–H and O–H groups in total. The van der Waals surface area contributed by atoms with Crippen molar-refractivity contribution in [3.63, 3.8) is 0 Å². The van der Waals surface area contributed by atoms with Crippen LogP contribution < -0.4 is 12.4 Å². The molecule has 15 heavy (non-hydrogen) atoms. The molecule has 0 radical (unpaired) electrons. The summed E-state index contributed by atoms with van der Waals surface area (Å²) in [4.78, 5) is 0. The summed E-state index contributed by atoms with van der Waals surface area (Å²) in [5, 5.41) is 0. The molecule has 0 aromatic heterocycles. The van der Waals surface area contributed by atoms with Gasteiger partial charge < -0.3 is 13.8 Å². The van der Waals surface area contributed by atoms with Gasteiger partial charge in [0.1, 0.15) is 0 Å². The molecule has 0 saturated heterocycles. The third kappa shape index (κ3) is 2.38. The van der Waals surface area contributed by atoms with E-state index in [-0.39, 0.29) is 13.8 Å². The van der Waals surface area contributed by atoms with Crippen molar-refractivity contribution in [3.8, 4) is 0 Å². The van der Waals surface area contributed by atoms with Gasteiger partial charge in [0.25, 0.3) is 0 Å². The Hall–Kier alpha value is 0.350. The van der Waals surface area contributed by atoms with E-state index in [2.05, 4.69) is 52.6 Å². The largest absolute Gasteiger partial charge is 1.00 e. The van der Waals surface area contributed by atoms with Crippen LogP contribution in [0.1, 0.15) is 14.3 Å². The predicted octanol–water partition coefficient (Wildman–Crippen LogP) is 0.124. The van der Waals surface area contributed by atoms with Crippen LogP contribution in [0.2, 0.25) is 9.26 Å². The molecule has 0 spiro atoms. The van der Waals surface area contributed by atoms with Gasteiger partial charge in [0, 0.05) is 0 Å². The van der Waals surface area contributed by atoms with Gasteiger partial charge in [-0.2, -0.15) is 0 Å². The SMILES string of the molecule is [CH3][Zr]([CH3])(=[SiH2])([C]1=CC=CC1)[C]1=CC=CC1.[Cl-].[H-]. The smallest absolute Gasteiger partial charge is 1.00 e. The third-order valence-corrected chi connectivity index (χ3v) is 20.9. The van der Waals surface area contributed by atoms with Gasteiger partial charge in [-0.1, -0.05) is 0 Å². The normalized spacial score (nSPS) is 19.9. The molecule has 0 saturated carbocycles. The molecule has 3 heteroatoms. The summed E-state index contributed by atoms with van der Waals surface area (Å²) in [6.45, 7) is 2.32. The van der Waals surface area contributed by atoms with E-state index in [0.29, 0.717) is 0 Å². The maximum absolute atomic E-state index is 2.62. The Kier molecular flexibility index (Phi) is 3.86. The summed E-state index contributed by atoms with van der Waals surface area (Å²) >= 11 is -2.62. The van der Waals surface area contributed by atoms with Gasteiger partial charge >= 0.3 is 89.4 Å². The maximum Gasteiger partial charge on any atom is -1.00 e. The summed E-state index contributed by atoms with van der Waals surface area (Å²) in [6, 6.07) is 0. The number of rotatable bonds is 2. The van der Waals surface area contributed by atoms with Crippen molar-refractivity contribution in [2.75, 3.05) is 0 Å². The summed E-state index contributed by atoms with van der Waals surface area (Å²) in [5.74, 6) is 0. The Bertz CT molecular complexity index is 416. The monoisotopic (exact) mass is 316 g/mol. The fourth-order valence-electron chi connectivity index (χ4n) is 2.29. The second-order valence-corrected chi connectivity index (χ2v) is 34.2. The van der Waals surface area contributed by atoms with Crippen molar-refractivity contribution in [1.82, 2.24) is 0 Å². The molecular weight excluding hydrogens is 299 g/mol. The molecule has 2 aliphatic rings. The van der Waals surface area contributed by atoms with Gasteiger partial charge in [0.2, 0.25) is 0 Å². The Morgan fingerprint density at radius 2 is 1.47 bits per heavy atom. The summed E-state index contributed by atoms with van der Waals surface area (Å²) in [6.07, 6.45) is 16.2. The van der Waals surface area contributed by atoms with E-state index >= 15 is 0 Å². The Morgan fingerprint density at radius 3 is 1.73 bits per heavy atom. The topological polar surface area (TPSA) is 0 Å². The average Bonchev–Trinajstić information content (AvgIpc) is 2.78. The van der Waals surface area contributed by atoms with Crippen molar-refractivity contribution < 1.29 is 31.2 Å². The molecule has 0 unspecified atom stereocenters. The summed E-state index contributed by atoms with van der Waals surface area (Å²) in [7, 11) is 0. The van der Waals surface area contributed by atoms with E-state index in [4.69, 9.17) is 0 Å². The minimum Gasteiger partial charge on any atom is -1.00 e. The third-order valence-electron chi connectivity index (χ3n) is 3.60. The van der Waals surface area contributed by atoms with E-state index < -0.39 is 17.4 Å². The van der Waals surface area contributed by atoms with Crippen LogP contribution in [0.15, 0.2) is 43.0 Å². The van der Waals surface area contributed by atoms with Gasteiger partial charge in [-0.05, 0) is 0 Å². The minimum absolute atomic E-state index is 0. The molecule has 0 nitrogen and oxygen atoms in total. The Labute approximate surface area is 103 Å². The molecule has 2 rings (SSSR count). The van der Waals surface area contributed by atoms with E-state index in [1.807, 2.05) is 0 Å². The van der Waals surface area contributed by atoms with E-state index in [1.54, 1.807) is 6.56 Å². The maximum atomic E-state index is 2.57. The standard InChI is InChI=1S/2C5H5.2CH3.ClH.H2Si.Zr.H/c2*1-2-4-5-3-1;;;;;;/h2*1-3H,4H2;2*1H3;1H;1H2;;/q;;;;;;;-1/p-1. The fourth-order valence-corrected chi connectivity index (χ4v) is 13.3. The van der Waals surface area contributed by atoms with Gasteiger partial charge in [-0.15, -0.1) is 0 Å². The van der Waals surface area contributed by atoms with Crippen LogP contribution in [-0.4, -0.2) is 6.88 Å². The van der Waals surface area contributed by atoms with Crippen molar-refractivity contribution in [3.05, 3.63) is 43.0 Å². The first-order valence-electron chi connectivity index (χ1n) is 5.29. The molecule has 2 aliphatic carbocycles. The number of allylic oxidation sites excluding steroid dienone is 8. The van der Waals surface area contributed by atoms with Crippen molar-refractivity contribution in [1.29, 1.82) is 0 Å². The second-order valence-electron chi connectivity index (χ2n) is 5.33. The molecule has 0 aromatic rings. The molecular formula is C12H19ClSiZr-2. The zero-order valence-corrected chi connectivity index (χ0v) is 14.1. The van der Waals surface area contributed by atoms with Crippen LogP contribution in [-0.2, 0) is 17.4 Å². The van der Waals surface area contributed by atoms with Crippen LogP contribution in [0.3, 0.4) is 0 Å². The first-order chi connectivity index (χ1) is 6.49. The number of hydrogen-bond donors (Lipinski definition) is 0. The van der Waals surface area contributed by atoms with Gasteiger partial charge in [0.05, 0.1) is 0 Å². The molecule has 0 aliphatic heterocycles. The summed E-state index contributed by atoms with van der Waals surface area (Å²) < 4.78 is 8.63.